The average Bonchev–Trinajstić information content (AvgIpc) is 3.68. The third-order valence-electron chi connectivity index (χ3n) is 7.05. The first-order valence-corrected chi connectivity index (χ1v) is 12.9. The van der Waals surface area contributed by atoms with Crippen LogP contribution in [0.1, 0.15) is 55.7 Å². The number of amides is 2. The molecule has 0 spiro atoms. The summed E-state index contributed by atoms with van der Waals surface area (Å²) < 4.78 is 19.9. The maximum absolute atomic E-state index is 14.3. The quantitative estimate of drug-likeness (QED) is 0.492. The molecular formula is C28H36FN3O4. The average molecular weight is 498 g/mol. The molecule has 2 aromatic carbocycles. The van der Waals surface area contributed by atoms with Gasteiger partial charge in [0.25, 0.3) is 0 Å². The molecule has 2 aromatic rings. The van der Waals surface area contributed by atoms with E-state index in [9.17, 15) is 19.1 Å². The number of fused-ring (bicyclic) bond motifs is 2. The van der Waals surface area contributed by atoms with Crippen molar-refractivity contribution in [2.45, 2.75) is 69.6 Å². The number of halogens is 1. The van der Waals surface area contributed by atoms with Gasteiger partial charge in [-0.2, -0.15) is 0 Å². The van der Waals surface area contributed by atoms with Gasteiger partial charge in [-0.25, -0.2) is 4.39 Å². The van der Waals surface area contributed by atoms with Gasteiger partial charge in [-0.1, -0.05) is 37.3 Å². The number of hydrogen-bond acceptors (Lipinski definition) is 5. The SMILES string of the molecule is CCc1cccc(C2(NCC(O)C3Cc4ccc(F)c(c4)OCCCCC(=O)NCC(=O)N3)CC2)c1. The standard InChI is InChI=1S/C28H36FN3O4/c1-2-19-6-5-7-21(14-19)28(11-12-28)31-17-24(33)23-15-20-9-10-22(29)25(16-20)36-13-4-3-8-26(34)30-18-27(35)32-23/h5-7,9-10,14,16,23-24,31,33H,2-4,8,11-13,15,17-18H2,1H3,(H,30,34)(H,32,35). The van der Waals surface area contributed by atoms with Crippen LogP contribution in [0, 0.1) is 5.82 Å². The van der Waals surface area contributed by atoms with Crippen molar-refractivity contribution in [3.05, 3.63) is 65.0 Å². The number of hydrogen-bond donors (Lipinski definition) is 4. The summed E-state index contributed by atoms with van der Waals surface area (Å²) in [5.41, 5.74) is 3.06. The van der Waals surface area contributed by atoms with E-state index in [1.54, 1.807) is 12.1 Å². The van der Waals surface area contributed by atoms with Gasteiger partial charge < -0.3 is 25.8 Å². The molecule has 2 unspecified atom stereocenters. The fourth-order valence-electron chi connectivity index (χ4n) is 4.64. The molecule has 2 aliphatic rings. The highest BCUT2D eigenvalue weighted by atomic mass is 19.1. The molecule has 4 N–H and O–H groups in total. The lowest BCUT2D eigenvalue weighted by Crippen LogP contribution is -2.52. The predicted molar refractivity (Wildman–Crippen MR) is 135 cm³/mol. The molecule has 1 aliphatic heterocycles. The first kappa shape index (κ1) is 26.1. The highest BCUT2D eigenvalue weighted by molar-refractivity contribution is 5.84. The van der Waals surface area contributed by atoms with E-state index in [1.165, 1.54) is 17.2 Å². The minimum Gasteiger partial charge on any atom is -0.491 e. The number of nitrogens with one attached hydrogen (secondary N) is 3. The van der Waals surface area contributed by atoms with Gasteiger partial charge in [-0.05, 0) is 67.3 Å². The third-order valence-corrected chi connectivity index (χ3v) is 7.05. The van der Waals surface area contributed by atoms with Crippen molar-refractivity contribution in [3.63, 3.8) is 0 Å². The molecule has 194 valence electrons. The maximum atomic E-state index is 14.3. The Bertz CT molecular complexity index is 1070. The minimum absolute atomic E-state index is 0.136. The smallest absolute Gasteiger partial charge is 0.239 e. The number of carbonyl (C=O) groups is 2. The lowest BCUT2D eigenvalue weighted by atomic mass is 9.98. The van der Waals surface area contributed by atoms with E-state index in [0.29, 0.717) is 19.4 Å². The second kappa shape index (κ2) is 11.8. The largest absolute Gasteiger partial charge is 0.491 e. The van der Waals surface area contributed by atoms with Crippen LogP contribution in [0.25, 0.3) is 0 Å². The van der Waals surface area contributed by atoms with Crippen LogP contribution >= 0.6 is 0 Å². The molecule has 36 heavy (non-hydrogen) atoms. The molecule has 2 atom stereocenters. The number of aliphatic hydroxyl groups excluding tert-OH is 1. The van der Waals surface area contributed by atoms with Gasteiger partial charge in [-0.15, -0.1) is 0 Å². The van der Waals surface area contributed by atoms with Crippen molar-refractivity contribution in [1.82, 2.24) is 16.0 Å². The summed E-state index contributed by atoms with van der Waals surface area (Å²) in [6.45, 7) is 2.54. The van der Waals surface area contributed by atoms with Gasteiger partial charge in [0.1, 0.15) is 0 Å². The highest BCUT2D eigenvalue weighted by Crippen LogP contribution is 2.45. The fourth-order valence-corrected chi connectivity index (χ4v) is 4.64. The van der Waals surface area contributed by atoms with E-state index in [4.69, 9.17) is 4.74 Å². The number of aliphatic hydroxyl groups is 1. The second-order valence-electron chi connectivity index (χ2n) is 9.81. The summed E-state index contributed by atoms with van der Waals surface area (Å²) in [6.07, 6.45) is 3.74. The van der Waals surface area contributed by atoms with E-state index in [1.807, 2.05) is 0 Å². The van der Waals surface area contributed by atoms with Gasteiger partial charge in [0.2, 0.25) is 11.8 Å². The summed E-state index contributed by atoms with van der Waals surface area (Å²) in [5.74, 6) is -0.931. The molecule has 2 amide bonds. The number of rotatable bonds is 6. The number of carbonyl (C=O) groups excluding carboxylic acids is 2. The van der Waals surface area contributed by atoms with E-state index < -0.39 is 18.0 Å². The Balaban J connectivity index is 1.48. The molecule has 0 aromatic heterocycles. The first-order valence-electron chi connectivity index (χ1n) is 12.9. The number of aryl methyl sites for hydroxylation is 1. The zero-order valence-electron chi connectivity index (χ0n) is 20.8. The molecule has 1 aliphatic carbocycles. The Kier molecular flexibility index (Phi) is 8.59. The minimum atomic E-state index is -0.901. The second-order valence-corrected chi connectivity index (χ2v) is 9.81. The maximum Gasteiger partial charge on any atom is 0.239 e. The lowest BCUT2D eigenvalue weighted by molar-refractivity contribution is -0.126. The van der Waals surface area contributed by atoms with Crippen LogP contribution in [0.4, 0.5) is 4.39 Å². The van der Waals surface area contributed by atoms with Gasteiger partial charge in [0.15, 0.2) is 11.6 Å². The molecular weight excluding hydrogens is 461 g/mol. The first-order chi connectivity index (χ1) is 17.4. The zero-order chi connectivity index (χ0) is 25.5. The number of ether oxygens (including phenoxy) is 1. The van der Waals surface area contributed by atoms with Crippen molar-refractivity contribution in [1.29, 1.82) is 0 Å². The van der Waals surface area contributed by atoms with Crippen molar-refractivity contribution in [3.8, 4) is 5.75 Å². The molecule has 1 saturated carbocycles. The third kappa shape index (κ3) is 6.83. The van der Waals surface area contributed by atoms with Crippen molar-refractivity contribution < 1.29 is 23.8 Å². The topological polar surface area (TPSA) is 99.7 Å². The molecule has 7 nitrogen and oxygen atoms in total. The Morgan fingerprint density at radius 3 is 2.78 bits per heavy atom. The van der Waals surface area contributed by atoms with Gasteiger partial charge in [0, 0.05) is 18.5 Å². The van der Waals surface area contributed by atoms with Crippen molar-refractivity contribution in [2.24, 2.45) is 0 Å². The normalized spacial score (nSPS) is 21.2. The van der Waals surface area contributed by atoms with Gasteiger partial charge in [-0.3, -0.25) is 9.59 Å². The number of benzene rings is 2. The molecule has 0 radical (unpaired) electrons. The van der Waals surface area contributed by atoms with Crippen molar-refractivity contribution >= 4 is 11.8 Å². The summed E-state index contributed by atoms with van der Waals surface area (Å²) in [7, 11) is 0. The summed E-state index contributed by atoms with van der Waals surface area (Å²) in [5, 5.41) is 20.2. The van der Waals surface area contributed by atoms with Crippen LogP contribution in [0.15, 0.2) is 42.5 Å². The van der Waals surface area contributed by atoms with Crippen LogP contribution in [0.5, 0.6) is 5.75 Å². The van der Waals surface area contributed by atoms with Crippen LogP contribution in [-0.4, -0.2) is 48.8 Å². The monoisotopic (exact) mass is 497 g/mol. The van der Waals surface area contributed by atoms with E-state index in [0.717, 1.165) is 24.8 Å². The van der Waals surface area contributed by atoms with E-state index >= 15 is 0 Å². The Morgan fingerprint density at radius 1 is 1.17 bits per heavy atom. The fraction of sp³-hybridized carbons (Fsp3) is 0.500. The van der Waals surface area contributed by atoms with Crippen molar-refractivity contribution in [2.75, 3.05) is 19.7 Å². The van der Waals surface area contributed by atoms with Crippen LogP contribution in [0.2, 0.25) is 0 Å². The Morgan fingerprint density at radius 2 is 2.00 bits per heavy atom. The highest BCUT2D eigenvalue weighted by Gasteiger charge is 2.44. The molecule has 8 heteroatoms. The van der Waals surface area contributed by atoms with Gasteiger partial charge in [0.05, 0.1) is 25.3 Å². The Labute approximate surface area is 211 Å². The van der Waals surface area contributed by atoms with Crippen LogP contribution in [0.3, 0.4) is 0 Å². The summed E-state index contributed by atoms with van der Waals surface area (Å²) in [6, 6.07) is 12.5. The molecule has 1 heterocycles. The lowest BCUT2D eigenvalue weighted by Gasteiger charge is -2.27. The molecule has 2 bridgehead atoms. The van der Waals surface area contributed by atoms with Crippen LogP contribution in [-0.2, 0) is 28.0 Å². The molecule has 0 saturated heterocycles. The summed E-state index contributed by atoms with van der Waals surface area (Å²) in [4.78, 5) is 24.7. The summed E-state index contributed by atoms with van der Waals surface area (Å²) >= 11 is 0. The molecule has 1 fully saturated rings. The Hall–Kier alpha value is -2.97. The molecule has 4 rings (SSSR count). The zero-order valence-corrected chi connectivity index (χ0v) is 20.8. The van der Waals surface area contributed by atoms with E-state index in [-0.39, 0.29) is 49.0 Å². The van der Waals surface area contributed by atoms with Gasteiger partial charge >= 0.3 is 0 Å². The van der Waals surface area contributed by atoms with E-state index in [2.05, 4.69) is 47.1 Å². The predicted octanol–water partition coefficient (Wildman–Crippen LogP) is 2.73. The van der Waals surface area contributed by atoms with Crippen LogP contribution < -0.4 is 20.7 Å².